The van der Waals surface area contributed by atoms with Crippen molar-refractivity contribution in [2.45, 2.75) is 51.6 Å². The molecule has 0 radical (unpaired) electrons. The fourth-order valence-corrected chi connectivity index (χ4v) is 2.62. The van der Waals surface area contributed by atoms with Gasteiger partial charge in [-0.1, -0.05) is 0 Å². The van der Waals surface area contributed by atoms with Gasteiger partial charge >= 0.3 is 0 Å². The molecule has 0 spiro atoms. The quantitative estimate of drug-likeness (QED) is 0.728. The van der Waals surface area contributed by atoms with Gasteiger partial charge in [-0.3, -0.25) is 0 Å². The van der Waals surface area contributed by atoms with Crippen molar-refractivity contribution in [3.8, 4) is 0 Å². The largest absolute Gasteiger partial charge is 0.346 e. The lowest BCUT2D eigenvalue weighted by Crippen LogP contribution is -2.28. The van der Waals surface area contributed by atoms with Crippen LogP contribution in [0.25, 0.3) is 0 Å². The molecule has 1 heterocycles. The minimum absolute atomic E-state index is 0.447. The Bertz CT molecular complexity index is 287. The van der Waals surface area contributed by atoms with Crippen LogP contribution in [0.4, 0.5) is 0 Å². The van der Waals surface area contributed by atoms with Crippen LogP contribution in [0.1, 0.15) is 43.1 Å². The normalized spacial score (nSPS) is 27.9. The van der Waals surface area contributed by atoms with Gasteiger partial charge in [0.1, 0.15) is 0 Å². The second-order valence-corrected chi connectivity index (χ2v) is 4.55. The third kappa shape index (κ3) is 1.71. The van der Waals surface area contributed by atoms with Crippen molar-refractivity contribution >= 4 is 0 Å². The molecule has 0 aromatic carbocycles. The second-order valence-electron chi connectivity index (χ2n) is 4.55. The van der Waals surface area contributed by atoms with E-state index in [1.165, 1.54) is 37.1 Å². The Morgan fingerprint density at radius 3 is 2.07 bits per heavy atom. The third-order valence-electron chi connectivity index (χ3n) is 3.43. The summed E-state index contributed by atoms with van der Waals surface area (Å²) in [5.41, 5.74) is 8.70. The molecule has 2 rings (SSSR count). The first-order valence-electron chi connectivity index (χ1n) is 5.58. The van der Waals surface area contributed by atoms with E-state index in [0.29, 0.717) is 12.1 Å². The van der Waals surface area contributed by atoms with Gasteiger partial charge in [-0.25, -0.2) is 0 Å². The number of hydrogen-bond donors (Lipinski definition) is 1. The van der Waals surface area contributed by atoms with Crippen LogP contribution in [0.15, 0.2) is 12.1 Å². The molecule has 0 atom stereocenters. The molecule has 14 heavy (non-hydrogen) atoms. The molecule has 1 aliphatic carbocycles. The standard InChI is InChI=1S/C12H20N2/c1-9-3-4-10(2)14(9)12-7-5-11(13)6-8-12/h3-4,11-12H,5-8,13H2,1-2H3. The summed E-state index contributed by atoms with van der Waals surface area (Å²) in [6.45, 7) is 4.39. The molecule has 1 saturated carbocycles. The molecule has 0 aliphatic heterocycles. The predicted molar refractivity (Wildman–Crippen MR) is 59.4 cm³/mol. The van der Waals surface area contributed by atoms with E-state index in [-0.39, 0.29) is 0 Å². The van der Waals surface area contributed by atoms with E-state index in [2.05, 4.69) is 30.5 Å². The van der Waals surface area contributed by atoms with Crippen molar-refractivity contribution in [1.82, 2.24) is 4.57 Å². The van der Waals surface area contributed by atoms with Crippen molar-refractivity contribution in [1.29, 1.82) is 0 Å². The van der Waals surface area contributed by atoms with Gasteiger partial charge in [0.15, 0.2) is 0 Å². The van der Waals surface area contributed by atoms with E-state index in [0.717, 1.165) is 0 Å². The van der Waals surface area contributed by atoms with Gasteiger partial charge in [-0.15, -0.1) is 0 Å². The van der Waals surface area contributed by atoms with Crippen molar-refractivity contribution in [3.63, 3.8) is 0 Å². The van der Waals surface area contributed by atoms with Crippen LogP contribution >= 0.6 is 0 Å². The summed E-state index contributed by atoms with van der Waals surface area (Å²) in [4.78, 5) is 0. The molecule has 1 aromatic rings. The average molecular weight is 192 g/mol. The van der Waals surface area contributed by atoms with E-state index in [1.807, 2.05) is 0 Å². The maximum atomic E-state index is 5.92. The molecule has 1 aliphatic rings. The van der Waals surface area contributed by atoms with E-state index < -0.39 is 0 Å². The molecule has 1 fully saturated rings. The fourth-order valence-electron chi connectivity index (χ4n) is 2.62. The Labute approximate surface area is 86.1 Å². The topological polar surface area (TPSA) is 30.9 Å². The fraction of sp³-hybridized carbons (Fsp3) is 0.667. The van der Waals surface area contributed by atoms with Gasteiger partial charge in [-0.2, -0.15) is 0 Å². The van der Waals surface area contributed by atoms with E-state index in [1.54, 1.807) is 0 Å². The van der Waals surface area contributed by atoms with Crippen molar-refractivity contribution in [3.05, 3.63) is 23.5 Å². The summed E-state index contributed by atoms with van der Waals surface area (Å²) in [6, 6.07) is 5.57. The first-order valence-corrected chi connectivity index (χ1v) is 5.58. The van der Waals surface area contributed by atoms with Crippen LogP contribution < -0.4 is 5.73 Å². The zero-order valence-electron chi connectivity index (χ0n) is 9.16. The highest BCUT2D eigenvalue weighted by atomic mass is 15.0. The van der Waals surface area contributed by atoms with Crippen LogP contribution in [0.3, 0.4) is 0 Å². The lowest BCUT2D eigenvalue weighted by Gasteiger charge is -2.29. The van der Waals surface area contributed by atoms with Crippen LogP contribution in [-0.2, 0) is 0 Å². The summed E-state index contributed by atoms with van der Waals surface area (Å²) >= 11 is 0. The first kappa shape index (κ1) is 9.78. The molecule has 0 amide bonds. The van der Waals surface area contributed by atoms with Gasteiger partial charge in [0, 0.05) is 23.5 Å². The Morgan fingerprint density at radius 1 is 1.07 bits per heavy atom. The molecule has 0 saturated heterocycles. The van der Waals surface area contributed by atoms with Gasteiger partial charge in [0.2, 0.25) is 0 Å². The molecule has 0 unspecified atom stereocenters. The van der Waals surface area contributed by atoms with Crippen molar-refractivity contribution < 1.29 is 0 Å². The Hall–Kier alpha value is -0.760. The van der Waals surface area contributed by atoms with Gasteiger partial charge in [0.25, 0.3) is 0 Å². The summed E-state index contributed by atoms with van der Waals surface area (Å²) in [5.74, 6) is 0. The summed E-state index contributed by atoms with van der Waals surface area (Å²) < 4.78 is 2.48. The number of rotatable bonds is 1. The van der Waals surface area contributed by atoms with Crippen molar-refractivity contribution in [2.75, 3.05) is 0 Å². The smallest absolute Gasteiger partial charge is 0.0336 e. The summed E-state index contributed by atoms with van der Waals surface area (Å²) in [6.07, 6.45) is 4.86. The molecule has 2 nitrogen and oxygen atoms in total. The van der Waals surface area contributed by atoms with E-state index >= 15 is 0 Å². The average Bonchev–Trinajstić information content (AvgIpc) is 2.49. The Balaban J connectivity index is 2.15. The van der Waals surface area contributed by atoms with Crippen LogP contribution in [0, 0.1) is 13.8 Å². The zero-order chi connectivity index (χ0) is 10.1. The monoisotopic (exact) mass is 192 g/mol. The van der Waals surface area contributed by atoms with E-state index in [9.17, 15) is 0 Å². The maximum absolute atomic E-state index is 5.92. The molecule has 2 N–H and O–H groups in total. The molecule has 0 bridgehead atoms. The minimum atomic E-state index is 0.447. The molecule has 2 heteroatoms. The molecule has 78 valence electrons. The highest BCUT2D eigenvalue weighted by Crippen LogP contribution is 2.30. The van der Waals surface area contributed by atoms with Crippen LogP contribution in [0.2, 0.25) is 0 Å². The lowest BCUT2D eigenvalue weighted by molar-refractivity contribution is 0.318. The highest BCUT2D eigenvalue weighted by Gasteiger charge is 2.21. The minimum Gasteiger partial charge on any atom is -0.346 e. The zero-order valence-corrected chi connectivity index (χ0v) is 9.16. The summed E-state index contributed by atoms with van der Waals surface area (Å²) in [5, 5.41) is 0. The lowest BCUT2D eigenvalue weighted by atomic mass is 9.91. The van der Waals surface area contributed by atoms with Gasteiger partial charge in [0.05, 0.1) is 0 Å². The summed E-state index contributed by atoms with van der Waals surface area (Å²) in [7, 11) is 0. The second kappa shape index (κ2) is 3.77. The predicted octanol–water partition coefficient (Wildman–Crippen LogP) is 2.55. The number of hydrogen-bond acceptors (Lipinski definition) is 1. The van der Waals surface area contributed by atoms with Crippen LogP contribution in [0.5, 0.6) is 0 Å². The van der Waals surface area contributed by atoms with Crippen molar-refractivity contribution in [2.24, 2.45) is 5.73 Å². The van der Waals surface area contributed by atoms with Gasteiger partial charge < -0.3 is 10.3 Å². The third-order valence-corrected chi connectivity index (χ3v) is 3.43. The number of nitrogens with two attached hydrogens (primary N) is 1. The SMILES string of the molecule is Cc1ccc(C)n1C1CCC(N)CC1. The number of nitrogens with zero attached hydrogens (tertiary/aromatic N) is 1. The first-order chi connectivity index (χ1) is 6.68. The number of aryl methyl sites for hydroxylation is 2. The van der Waals surface area contributed by atoms with Crippen LogP contribution in [-0.4, -0.2) is 10.6 Å². The molecule has 1 aromatic heterocycles. The van der Waals surface area contributed by atoms with Gasteiger partial charge in [-0.05, 0) is 51.7 Å². The molecular formula is C12H20N2. The Morgan fingerprint density at radius 2 is 1.57 bits per heavy atom. The maximum Gasteiger partial charge on any atom is 0.0336 e. The molecular weight excluding hydrogens is 172 g/mol. The Kier molecular flexibility index (Phi) is 2.64. The highest BCUT2D eigenvalue weighted by molar-refractivity contribution is 5.15. The van der Waals surface area contributed by atoms with E-state index in [4.69, 9.17) is 5.73 Å². The number of aromatic nitrogens is 1.